The molecule has 5 nitrogen and oxygen atoms in total. The first-order valence-electron chi connectivity index (χ1n) is 7.64. The van der Waals surface area contributed by atoms with Crippen LogP contribution in [0.4, 0.5) is 5.13 Å². The van der Waals surface area contributed by atoms with Gasteiger partial charge in [0.15, 0.2) is 10.1 Å². The highest BCUT2D eigenvalue weighted by molar-refractivity contribution is 8.01. The second-order valence-corrected chi connectivity index (χ2v) is 8.31. The Morgan fingerprint density at radius 3 is 3.00 bits per heavy atom. The van der Waals surface area contributed by atoms with Crippen LogP contribution in [0, 0.1) is 0 Å². The van der Waals surface area contributed by atoms with E-state index in [1.54, 1.807) is 30.6 Å². The number of thiophene rings is 1. The van der Waals surface area contributed by atoms with Gasteiger partial charge in [0.05, 0.1) is 12.9 Å². The van der Waals surface area contributed by atoms with Gasteiger partial charge in [0.2, 0.25) is 5.13 Å². The Balaban J connectivity index is 1.47. The molecule has 0 unspecified atom stereocenters. The Morgan fingerprint density at radius 1 is 1.28 bits per heavy atom. The van der Waals surface area contributed by atoms with Crippen molar-refractivity contribution in [3.63, 3.8) is 0 Å². The number of nitrogens with one attached hydrogen (secondary N) is 1. The van der Waals surface area contributed by atoms with Crippen molar-refractivity contribution in [2.24, 2.45) is 0 Å². The summed E-state index contributed by atoms with van der Waals surface area (Å²) in [5.41, 5.74) is 0.644. The first kappa shape index (κ1) is 17.9. The van der Waals surface area contributed by atoms with E-state index < -0.39 is 0 Å². The van der Waals surface area contributed by atoms with Gasteiger partial charge in [0.25, 0.3) is 0 Å². The molecule has 0 radical (unpaired) electrons. The molecule has 25 heavy (non-hydrogen) atoms. The Hall–Kier alpha value is -1.90. The van der Waals surface area contributed by atoms with Crippen LogP contribution in [0.25, 0.3) is 0 Å². The van der Waals surface area contributed by atoms with Crippen LogP contribution in [0.2, 0.25) is 0 Å². The number of ketones is 1. The van der Waals surface area contributed by atoms with Crippen molar-refractivity contribution in [2.75, 3.05) is 24.7 Å². The minimum Gasteiger partial charge on any atom is -0.497 e. The summed E-state index contributed by atoms with van der Waals surface area (Å²) in [6.07, 6.45) is 0.966. The predicted molar refractivity (Wildman–Crippen MR) is 104 cm³/mol. The van der Waals surface area contributed by atoms with E-state index in [0.717, 1.165) is 22.4 Å². The van der Waals surface area contributed by atoms with Gasteiger partial charge in [0, 0.05) is 17.0 Å². The molecule has 0 aliphatic rings. The Bertz CT molecular complexity index is 818. The first-order valence-corrected chi connectivity index (χ1v) is 10.3. The van der Waals surface area contributed by atoms with Crippen molar-refractivity contribution in [2.45, 2.75) is 10.8 Å². The van der Waals surface area contributed by atoms with Crippen LogP contribution in [0.15, 0.2) is 46.1 Å². The summed E-state index contributed by atoms with van der Waals surface area (Å²) in [7, 11) is 1.59. The third-order valence-electron chi connectivity index (χ3n) is 3.35. The number of hydrogen-bond donors (Lipinski definition) is 1. The standard InChI is InChI=1S/C17H17N3O2S3/c1-22-13-5-2-4-12(10-13)15(21)11-24-17-20-19-16(25-17)18-8-7-14-6-3-9-23-14/h2-6,9-10H,7-8,11H2,1H3,(H,18,19). The molecule has 0 atom stereocenters. The van der Waals surface area contributed by atoms with Gasteiger partial charge in [0.1, 0.15) is 5.75 Å². The zero-order valence-corrected chi connectivity index (χ0v) is 16.0. The molecule has 130 valence electrons. The molecule has 0 spiro atoms. The average Bonchev–Trinajstić information content (AvgIpc) is 3.32. The van der Waals surface area contributed by atoms with Crippen molar-refractivity contribution in [1.82, 2.24) is 10.2 Å². The first-order chi connectivity index (χ1) is 12.2. The van der Waals surface area contributed by atoms with E-state index in [9.17, 15) is 4.79 Å². The fourth-order valence-corrected chi connectivity index (χ4v) is 4.48. The van der Waals surface area contributed by atoms with Crippen LogP contribution < -0.4 is 10.1 Å². The third-order valence-corrected chi connectivity index (χ3v) is 6.30. The second kappa shape index (κ2) is 8.98. The highest BCUT2D eigenvalue weighted by Crippen LogP contribution is 2.26. The lowest BCUT2D eigenvalue weighted by Gasteiger charge is -2.02. The number of nitrogens with zero attached hydrogens (tertiary/aromatic N) is 2. The zero-order chi connectivity index (χ0) is 17.5. The quantitative estimate of drug-likeness (QED) is 0.435. The van der Waals surface area contributed by atoms with Crippen molar-refractivity contribution >= 4 is 45.4 Å². The van der Waals surface area contributed by atoms with Gasteiger partial charge in [-0.05, 0) is 30.0 Å². The number of aromatic nitrogens is 2. The normalized spacial score (nSPS) is 10.6. The number of anilines is 1. The number of thioether (sulfide) groups is 1. The number of rotatable bonds is 9. The SMILES string of the molecule is COc1cccc(C(=O)CSc2nnc(NCCc3cccs3)s2)c1. The fourth-order valence-electron chi connectivity index (χ4n) is 2.09. The lowest BCUT2D eigenvalue weighted by Crippen LogP contribution is -2.03. The largest absolute Gasteiger partial charge is 0.497 e. The highest BCUT2D eigenvalue weighted by atomic mass is 32.2. The number of methoxy groups -OCH3 is 1. The molecule has 3 aromatic rings. The zero-order valence-electron chi connectivity index (χ0n) is 13.6. The molecular weight excluding hydrogens is 374 g/mol. The Labute approximate surface area is 158 Å². The van der Waals surface area contributed by atoms with E-state index in [1.165, 1.54) is 28.0 Å². The maximum atomic E-state index is 12.3. The van der Waals surface area contributed by atoms with Gasteiger partial charge in [-0.25, -0.2) is 0 Å². The van der Waals surface area contributed by atoms with E-state index in [0.29, 0.717) is 17.1 Å². The summed E-state index contributed by atoms with van der Waals surface area (Å²) in [5.74, 6) is 1.06. The van der Waals surface area contributed by atoms with Gasteiger partial charge in [-0.3, -0.25) is 4.79 Å². The Kier molecular flexibility index (Phi) is 6.43. The average molecular weight is 392 g/mol. The van der Waals surface area contributed by atoms with E-state index in [4.69, 9.17) is 4.74 Å². The number of Topliss-reactive ketones (excluding diaryl/α,β-unsaturated/α-hetero) is 1. The van der Waals surface area contributed by atoms with Gasteiger partial charge in [-0.1, -0.05) is 41.3 Å². The van der Waals surface area contributed by atoms with Crippen molar-refractivity contribution in [3.8, 4) is 5.75 Å². The van der Waals surface area contributed by atoms with Crippen LogP contribution in [0.3, 0.4) is 0 Å². The molecule has 2 heterocycles. The van der Waals surface area contributed by atoms with Crippen LogP contribution in [-0.2, 0) is 6.42 Å². The van der Waals surface area contributed by atoms with Crippen LogP contribution in [0.5, 0.6) is 5.75 Å². The topological polar surface area (TPSA) is 64.1 Å². The minimum atomic E-state index is 0.0475. The molecule has 1 aromatic carbocycles. The molecule has 8 heteroatoms. The molecule has 1 N–H and O–H groups in total. The molecule has 0 aliphatic heterocycles. The monoisotopic (exact) mass is 391 g/mol. The lowest BCUT2D eigenvalue weighted by atomic mass is 10.1. The number of hydrogen-bond acceptors (Lipinski definition) is 8. The molecule has 0 amide bonds. The van der Waals surface area contributed by atoms with Gasteiger partial charge < -0.3 is 10.1 Å². The van der Waals surface area contributed by atoms with Gasteiger partial charge in [-0.15, -0.1) is 21.5 Å². The number of carbonyl (C=O) groups is 1. The molecule has 0 saturated heterocycles. The molecule has 0 fully saturated rings. The summed E-state index contributed by atoms with van der Waals surface area (Å²) in [6, 6.07) is 11.4. The predicted octanol–water partition coefficient (Wildman–Crippen LogP) is 4.24. The maximum absolute atomic E-state index is 12.3. The van der Waals surface area contributed by atoms with E-state index in [2.05, 4.69) is 33.0 Å². The summed E-state index contributed by atoms with van der Waals surface area (Å²) >= 11 is 4.63. The van der Waals surface area contributed by atoms with E-state index >= 15 is 0 Å². The summed E-state index contributed by atoms with van der Waals surface area (Å²) in [5, 5.41) is 14.4. The Morgan fingerprint density at radius 2 is 2.20 bits per heavy atom. The number of ether oxygens (including phenoxy) is 1. The van der Waals surface area contributed by atoms with Crippen molar-refractivity contribution < 1.29 is 9.53 Å². The summed E-state index contributed by atoms with van der Waals surface area (Å²) in [6.45, 7) is 0.822. The van der Waals surface area contributed by atoms with Crippen LogP contribution in [0.1, 0.15) is 15.2 Å². The van der Waals surface area contributed by atoms with E-state index in [-0.39, 0.29) is 5.78 Å². The molecule has 0 saturated carbocycles. The minimum absolute atomic E-state index is 0.0475. The van der Waals surface area contributed by atoms with Crippen LogP contribution >= 0.6 is 34.4 Å². The maximum Gasteiger partial charge on any atom is 0.206 e. The molecular formula is C17H17N3O2S3. The summed E-state index contributed by atoms with van der Waals surface area (Å²) < 4.78 is 5.94. The highest BCUT2D eigenvalue weighted by Gasteiger charge is 2.11. The van der Waals surface area contributed by atoms with Gasteiger partial charge >= 0.3 is 0 Å². The smallest absolute Gasteiger partial charge is 0.206 e. The number of benzene rings is 1. The number of carbonyl (C=O) groups excluding carboxylic acids is 1. The summed E-state index contributed by atoms with van der Waals surface area (Å²) in [4.78, 5) is 13.6. The van der Waals surface area contributed by atoms with Crippen molar-refractivity contribution in [3.05, 3.63) is 52.2 Å². The second-order valence-electron chi connectivity index (χ2n) is 5.07. The van der Waals surface area contributed by atoms with Crippen LogP contribution in [-0.4, -0.2) is 35.4 Å². The fraction of sp³-hybridized carbons (Fsp3) is 0.235. The van der Waals surface area contributed by atoms with Gasteiger partial charge in [-0.2, -0.15) is 0 Å². The lowest BCUT2D eigenvalue weighted by molar-refractivity contribution is 0.102. The molecule has 3 rings (SSSR count). The molecule has 0 bridgehead atoms. The van der Waals surface area contributed by atoms with E-state index in [1.807, 2.05) is 12.1 Å². The molecule has 0 aliphatic carbocycles. The molecule has 2 aromatic heterocycles. The third kappa shape index (κ3) is 5.29. The van der Waals surface area contributed by atoms with Crippen molar-refractivity contribution in [1.29, 1.82) is 0 Å².